The lowest BCUT2D eigenvalue weighted by Crippen LogP contribution is -2.51. The van der Waals surface area contributed by atoms with Crippen LogP contribution < -0.4 is 10.6 Å². The smallest absolute Gasteiger partial charge is 0.244 e. The molecule has 1 aromatic carbocycles. The highest BCUT2D eigenvalue weighted by Gasteiger charge is 2.23. The summed E-state index contributed by atoms with van der Waals surface area (Å²) in [6.07, 6.45) is 0. The molecule has 0 aliphatic carbocycles. The van der Waals surface area contributed by atoms with Gasteiger partial charge in [0.25, 0.3) is 0 Å². The third-order valence-corrected chi connectivity index (χ3v) is 6.26. The number of halogens is 2. The molecule has 1 saturated heterocycles. The Hall–Kier alpha value is -0.900. The van der Waals surface area contributed by atoms with Crippen LogP contribution in [0.2, 0.25) is 5.02 Å². The monoisotopic (exact) mass is 410 g/mol. The fourth-order valence-corrected chi connectivity index (χ4v) is 3.87. The summed E-state index contributed by atoms with van der Waals surface area (Å²) in [6, 6.07) is 4.73. The minimum atomic E-state index is -3.67. The highest BCUT2D eigenvalue weighted by atomic mass is 35.5. The highest BCUT2D eigenvalue weighted by Crippen LogP contribution is 2.26. The minimum Gasteiger partial charge on any atom is -0.325 e. The first-order chi connectivity index (χ1) is 11.2. The normalized spacial score (nSPS) is 18.7. The lowest BCUT2D eigenvalue weighted by molar-refractivity contribution is -0.118. The summed E-state index contributed by atoms with van der Waals surface area (Å²) in [5, 5.41) is 6.14. The molecule has 142 valence electrons. The van der Waals surface area contributed by atoms with Crippen molar-refractivity contribution in [3.8, 4) is 0 Å². The van der Waals surface area contributed by atoms with Gasteiger partial charge in [-0.3, -0.25) is 9.69 Å². The summed E-state index contributed by atoms with van der Waals surface area (Å²) in [4.78, 5) is 14.3. The second kappa shape index (κ2) is 9.16. The second-order valence-corrected chi connectivity index (χ2v) is 8.53. The van der Waals surface area contributed by atoms with Gasteiger partial charge in [-0.1, -0.05) is 11.6 Å². The number of amides is 1. The topological polar surface area (TPSA) is 81.8 Å². The zero-order valence-electron chi connectivity index (χ0n) is 14.5. The number of carbonyl (C=O) groups is 1. The van der Waals surface area contributed by atoms with E-state index in [0.717, 1.165) is 23.9 Å². The van der Waals surface area contributed by atoms with Gasteiger partial charge in [0, 0.05) is 45.5 Å². The lowest BCUT2D eigenvalue weighted by Gasteiger charge is -2.33. The van der Waals surface area contributed by atoms with Crippen LogP contribution >= 0.6 is 24.0 Å². The maximum atomic E-state index is 12.3. The third-order valence-electron chi connectivity index (χ3n) is 3.96. The van der Waals surface area contributed by atoms with Crippen LogP contribution in [0.4, 0.5) is 5.69 Å². The molecule has 0 unspecified atom stereocenters. The molecule has 1 atom stereocenters. The Morgan fingerprint density at radius 2 is 2.12 bits per heavy atom. The maximum absolute atomic E-state index is 12.3. The molecule has 1 aliphatic heterocycles. The number of hydrogen-bond acceptors (Lipinski definition) is 5. The van der Waals surface area contributed by atoms with Gasteiger partial charge in [0.1, 0.15) is 4.90 Å². The number of sulfonamides is 1. The molecule has 7 nitrogen and oxygen atoms in total. The molecule has 0 spiro atoms. The number of hydrogen-bond donors (Lipinski definition) is 2. The van der Waals surface area contributed by atoms with Crippen molar-refractivity contribution in [2.45, 2.75) is 17.9 Å². The number of benzene rings is 1. The van der Waals surface area contributed by atoms with E-state index in [2.05, 4.69) is 22.5 Å². The Bertz CT molecular complexity index is 713. The average molecular weight is 411 g/mol. The number of nitrogens with zero attached hydrogens (tertiary/aromatic N) is 2. The summed E-state index contributed by atoms with van der Waals surface area (Å²) in [5.74, 6) is -0.181. The Balaban J connectivity index is 0.00000312. The molecular formula is C15H24Cl2N4O3S. The van der Waals surface area contributed by atoms with Gasteiger partial charge >= 0.3 is 0 Å². The quantitative estimate of drug-likeness (QED) is 0.762. The van der Waals surface area contributed by atoms with E-state index in [-0.39, 0.29) is 40.8 Å². The first-order valence-corrected chi connectivity index (χ1v) is 9.50. The van der Waals surface area contributed by atoms with Crippen LogP contribution in [-0.4, -0.2) is 69.8 Å². The Kier molecular flexibility index (Phi) is 8.11. The van der Waals surface area contributed by atoms with Crippen molar-refractivity contribution in [1.82, 2.24) is 14.5 Å². The van der Waals surface area contributed by atoms with E-state index in [1.165, 1.54) is 26.2 Å². The Labute approximate surface area is 160 Å². The molecule has 0 bridgehead atoms. The molecule has 0 radical (unpaired) electrons. The van der Waals surface area contributed by atoms with Crippen LogP contribution in [-0.2, 0) is 14.8 Å². The van der Waals surface area contributed by atoms with Gasteiger partial charge in [0.2, 0.25) is 15.9 Å². The van der Waals surface area contributed by atoms with Gasteiger partial charge in [-0.25, -0.2) is 12.7 Å². The average Bonchev–Trinajstić information content (AvgIpc) is 2.51. The van der Waals surface area contributed by atoms with Crippen LogP contribution in [0.3, 0.4) is 0 Å². The van der Waals surface area contributed by atoms with Crippen molar-refractivity contribution in [1.29, 1.82) is 0 Å². The number of carbonyl (C=O) groups excluding carboxylic acids is 1. The fraction of sp³-hybridized carbons (Fsp3) is 0.533. The van der Waals surface area contributed by atoms with Crippen LogP contribution in [0.1, 0.15) is 6.92 Å². The van der Waals surface area contributed by atoms with E-state index in [0.29, 0.717) is 5.69 Å². The molecule has 1 amide bonds. The van der Waals surface area contributed by atoms with Crippen molar-refractivity contribution in [3.63, 3.8) is 0 Å². The molecule has 0 aromatic heterocycles. The first kappa shape index (κ1) is 22.1. The Morgan fingerprint density at radius 3 is 2.72 bits per heavy atom. The standard InChI is InChI=1S/C15H23ClN4O3S.ClH/c1-11-9-17-6-7-20(11)10-15(21)18-12-4-5-13(16)14(8-12)24(22,23)19(2)3;/h4-5,8,11,17H,6-7,9-10H2,1-3H3,(H,18,21);1H/t11-;/m1./s1. The maximum Gasteiger partial charge on any atom is 0.244 e. The SMILES string of the molecule is C[C@@H]1CNCCN1CC(=O)Nc1ccc(Cl)c(S(=O)(=O)N(C)C)c1.Cl. The molecule has 1 heterocycles. The van der Waals surface area contributed by atoms with Crippen LogP contribution in [0, 0.1) is 0 Å². The van der Waals surface area contributed by atoms with Gasteiger partial charge in [0.05, 0.1) is 11.6 Å². The molecule has 1 aliphatic rings. The van der Waals surface area contributed by atoms with Crippen molar-refractivity contribution in [3.05, 3.63) is 23.2 Å². The fourth-order valence-electron chi connectivity index (χ4n) is 2.48. The van der Waals surface area contributed by atoms with Crippen molar-refractivity contribution >= 4 is 45.6 Å². The molecule has 25 heavy (non-hydrogen) atoms. The van der Waals surface area contributed by atoms with E-state index in [4.69, 9.17) is 11.6 Å². The summed E-state index contributed by atoms with van der Waals surface area (Å²) >= 11 is 6.00. The molecular weight excluding hydrogens is 387 g/mol. The number of nitrogens with one attached hydrogen (secondary N) is 2. The van der Waals surface area contributed by atoms with Crippen LogP contribution in [0.15, 0.2) is 23.1 Å². The van der Waals surface area contributed by atoms with E-state index in [1.807, 2.05) is 0 Å². The summed E-state index contributed by atoms with van der Waals surface area (Å²) in [7, 11) is -0.804. The van der Waals surface area contributed by atoms with Crippen molar-refractivity contribution in [2.75, 3.05) is 45.6 Å². The van der Waals surface area contributed by atoms with E-state index < -0.39 is 10.0 Å². The molecule has 2 rings (SSSR count). The largest absolute Gasteiger partial charge is 0.325 e. The predicted molar refractivity (Wildman–Crippen MR) is 102 cm³/mol. The van der Waals surface area contributed by atoms with Gasteiger partial charge in [0.15, 0.2) is 0 Å². The number of piperazine rings is 1. The van der Waals surface area contributed by atoms with E-state index in [9.17, 15) is 13.2 Å². The molecule has 0 saturated carbocycles. The summed E-state index contributed by atoms with van der Waals surface area (Å²) < 4.78 is 25.6. The lowest BCUT2D eigenvalue weighted by atomic mass is 10.2. The van der Waals surface area contributed by atoms with Crippen LogP contribution in [0.25, 0.3) is 0 Å². The summed E-state index contributed by atoms with van der Waals surface area (Å²) in [6.45, 7) is 4.82. The van der Waals surface area contributed by atoms with Crippen LogP contribution in [0.5, 0.6) is 0 Å². The second-order valence-electron chi connectivity index (χ2n) is 6.00. The first-order valence-electron chi connectivity index (χ1n) is 7.68. The summed E-state index contributed by atoms with van der Waals surface area (Å²) in [5.41, 5.74) is 0.410. The predicted octanol–water partition coefficient (Wildman–Crippen LogP) is 1.24. The van der Waals surface area contributed by atoms with Crippen molar-refractivity contribution in [2.24, 2.45) is 0 Å². The van der Waals surface area contributed by atoms with Gasteiger partial charge in [-0.15, -0.1) is 12.4 Å². The zero-order valence-corrected chi connectivity index (χ0v) is 16.8. The zero-order chi connectivity index (χ0) is 17.9. The molecule has 2 N–H and O–H groups in total. The minimum absolute atomic E-state index is 0. The van der Waals surface area contributed by atoms with Gasteiger partial charge in [-0.2, -0.15) is 0 Å². The van der Waals surface area contributed by atoms with E-state index in [1.54, 1.807) is 6.07 Å². The number of anilines is 1. The van der Waals surface area contributed by atoms with Crippen molar-refractivity contribution < 1.29 is 13.2 Å². The third kappa shape index (κ3) is 5.54. The molecule has 1 aromatic rings. The Morgan fingerprint density at radius 1 is 1.44 bits per heavy atom. The highest BCUT2D eigenvalue weighted by molar-refractivity contribution is 7.89. The molecule has 1 fully saturated rings. The van der Waals surface area contributed by atoms with Gasteiger partial charge in [-0.05, 0) is 25.1 Å². The van der Waals surface area contributed by atoms with Gasteiger partial charge < -0.3 is 10.6 Å². The number of rotatable bonds is 5. The van der Waals surface area contributed by atoms with E-state index >= 15 is 0 Å². The molecule has 10 heteroatoms.